The Hall–Kier alpha value is -1.20. The van der Waals surface area contributed by atoms with Crippen molar-refractivity contribution in [1.29, 1.82) is 0 Å². The first-order chi connectivity index (χ1) is 7.24. The van der Waals surface area contributed by atoms with E-state index in [9.17, 15) is 4.79 Å². The Balaban J connectivity index is 2.72. The number of carbonyl (C=O) groups is 1. The van der Waals surface area contributed by atoms with Crippen molar-refractivity contribution in [2.45, 2.75) is 0 Å². The number of fused-ring (bicyclic) bond motifs is 1. The predicted octanol–water partition coefficient (Wildman–Crippen LogP) is 2.85. The lowest BCUT2D eigenvalue weighted by Crippen LogP contribution is -1.91. The molecule has 0 aromatic carbocycles. The second-order valence-electron chi connectivity index (χ2n) is 2.88. The highest BCUT2D eigenvalue weighted by Gasteiger charge is 2.08. The number of anilines is 1. The lowest BCUT2D eigenvalue weighted by molar-refractivity contribution is -0.104. The fourth-order valence-corrected chi connectivity index (χ4v) is 3.05. The van der Waals surface area contributed by atoms with Crippen LogP contribution in [-0.2, 0) is 4.79 Å². The van der Waals surface area contributed by atoms with Gasteiger partial charge in [0.15, 0.2) is 0 Å². The van der Waals surface area contributed by atoms with Gasteiger partial charge in [-0.3, -0.25) is 4.79 Å². The molecule has 2 N–H and O–H groups in total. The van der Waals surface area contributed by atoms with E-state index in [1.807, 2.05) is 5.38 Å². The molecule has 0 atom stereocenters. The first kappa shape index (κ1) is 10.3. The molecule has 0 saturated carbocycles. The second-order valence-corrected chi connectivity index (χ2v) is 4.62. The van der Waals surface area contributed by atoms with Crippen LogP contribution >= 0.6 is 27.3 Å². The van der Waals surface area contributed by atoms with Crippen molar-refractivity contribution < 1.29 is 4.79 Å². The molecule has 2 aromatic heterocycles. The van der Waals surface area contributed by atoms with E-state index in [1.54, 1.807) is 23.6 Å². The predicted molar refractivity (Wildman–Crippen MR) is 66.8 cm³/mol. The van der Waals surface area contributed by atoms with Gasteiger partial charge in [-0.1, -0.05) is 0 Å². The summed E-state index contributed by atoms with van der Waals surface area (Å²) in [7, 11) is 0. The van der Waals surface area contributed by atoms with Gasteiger partial charge >= 0.3 is 0 Å². The molecule has 2 rings (SSSR count). The van der Waals surface area contributed by atoms with Crippen LogP contribution < -0.4 is 5.73 Å². The molecular formula is C10H7BrN2OS. The van der Waals surface area contributed by atoms with E-state index in [2.05, 4.69) is 20.9 Å². The highest BCUT2D eigenvalue weighted by molar-refractivity contribution is 9.10. The first-order valence-electron chi connectivity index (χ1n) is 4.17. The number of nitrogens with two attached hydrogens (primary N) is 1. The van der Waals surface area contributed by atoms with Crippen LogP contribution in [0, 0.1) is 0 Å². The number of hydrogen-bond donors (Lipinski definition) is 1. The molecule has 0 saturated heterocycles. The van der Waals surface area contributed by atoms with E-state index >= 15 is 0 Å². The van der Waals surface area contributed by atoms with Crippen LogP contribution in [0.1, 0.15) is 5.56 Å². The maximum atomic E-state index is 10.2. The van der Waals surface area contributed by atoms with Gasteiger partial charge in [-0.25, -0.2) is 4.98 Å². The average molecular weight is 283 g/mol. The van der Waals surface area contributed by atoms with Crippen LogP contribution in [0.3, 0.4) is 0 Å². The van der Waals surface area contributed by atoms with Gasteiger partial charge in [0.2, 0.25) is 0 Å². The molecule has 0 radical (unpaired) electrons. The molecule has 0 spiro atoms. The summed E-state index contributed by atoms with van der Waals surface area (Å²) in [5.41, 5.74) is 6.68. The summed E-state index contributed by atoms with van der Waals surface area (Å²) in [4.78, 5) is 14.3. The Kier molecular flexibility index (Phi) is 2.83. The Morgan fingerprint density at radius 1 is 1.53 bits per heavy atom. The number of pyridine rings is 1. The summed E-state index contributed by atoms with van der Waals surface area (Å²) in [6.45, 7) is 0. The molecule has 0 aliphatic heterocycles. The molecule has 0 amide bonds. The number of rotatable bonds is 2. The highest BCUT2D eigenvalue weighted by atomic mass is 79.9. The Labute approximate surface area is 98.7 Å². The number of carbonyl (C=O) groups excluding carboxylic acids is 1. The standard InChI is InChI=1S/C10H7BrN2OS/c11-7-5-15-9-6(2-1-3-14)4-13-10(12)8(7)9/h1-5H,(H2,12,13). The summed E-state index contributed by atoms with van der Waals surface area (Å²) in [6.07, 6.45) is 5.58. The van der Waals surface area contributed by atoms with Gasteiger partial charge in [0.25, 0.3) is 0 Å². The van der Waals surface area contributed by atoms with E-state index < -0.39 is 0 Å². The Morgan fingerprint density at radius 2 is 2.33 bits per heavy atom. The lowest BCUT2D eigenvalue weighted by atomic mass is 10.2. The summed E-state index contributed by atoms with van der Waals surface area (Å²) >= 11 is 4.99. The van der Waals surface area contributed by atoms with Crippen LogP contribution in [0.15, 0.2) is 22.1 Å². The van der Waals surface area contributed by atoms with Crippen LogP contribution in [0.25, 0.3) is 16.2 Å². The minimum Gasteiger partial charge on any atom is -0.383 e. The summed E-state index contributed by atoms with van der Waals surface area (Å²) in [5.74, 6) is 0.501. The lowest BCUT2D eigenvalue weighted by Gasteiger charge is -1.99. The fraction of sp³-hybridized carbons (Fsp3) is 0. The minimum absolute atomic E-state index is 0.501. The third kappa shape index (κ3) is 1.80. The smallest absolute Gasteiger partial charge is 0.142 e. The molecule has 2 heterocycles. The minimum atomic E-state index is 0.501. The zero-order chi connectivity index (χ0) is 10.8. The molecule has 0 unspecified atom stereocenters. The van der Waals surface area contributed by atoms with Crippen LogP contribution in [-0.4, -0.2) is 11.3 Å². The monoisotopic (exact) mass is 282 g/mol. The van der Waals surface area contributed by atoms with Gasteiger partial charge in [-0.15, -0.1) is 11.3 Å². The van der Waals surface area contributed by atoms with Crippen molar-refractivity contribution >= 4 is 55.5 Å². The van der Waals surface area contributed by atoms with Gasteiger partial charge in [-0.2, -0.15) is 0 Å². The van der Waals surface area contributed by atoms with Gasteiger partial charge in [0.05, 0.1) is 0 Å². The third-order valence-electron chi connectivity index (χ3n) is 1.96. The van der Waals surface area contributed by atoms with Crippen LogP contribution in [0.4, 0.5) is 5.82 Å². The quantitative estimate of drug-likeness (QED) is 0.681. The maximum Gasteiger partial charge on any atom is 0.142 e. The number of aldehydes is 1. The fourth-order valence-electron chi connectivity index (χ4n) is 1.31. The van der Waals surface area contributed by atoms with Crippen LogP contribution in [0.5, 0.6) is 0 Å². The summed E-state index contributed by atoms with van der Waals surface area (Å²) in [5, 5.41) is 2.87. The summed E-state index contributed by atoms with van der Waals surface area (Å²) in [6, 6.07) is 0. The van der Waals surface area contributed by atoms with Gasteiger partial charge in [-0.05, 0) is 28.1 Å². The van der Waals surface area contributed by atoms with Gasteiger partial charge in [0, 0.05) is 31.7 Å². The molecular weight excluding hydrogens is 276 g/mol. The molecule has 0 aliphatic rings. The Morgan fingerprint density at radius 3 is 3.07 bits per heavy atom. The normalized spacial score (nSPS) is 11.3. The first-order valence-corrected chi connectivity index (χ1v) is 5.84. The third-order valence-corrected chi connectivity index (χ3v) is 3.92. The number of nitrogen functional groups attached to an aromatic ring is 1. The average Bonchev–Trinajstić information content (AvgIpc) is 2.61. The van der Waals surface area contributed by atoms with Crippen molar-refractivity contribution in [2.24, 2.45) is 0 Å². The maximum absolute atomic E-state index is 10.2. The second kappa shape index (κ2) is 4.12. The SMILES string of the molecule is Nc1ncc(C=CC=O)c2scc(Br)c12. The van der Waals surface area contributed by atoms with Gasteiger partial charge in [0.1, 0.15) is 12.1 Å². The van der Waals surface area contributed by atoms with Crippen molar-refractivity contribution in [3.05, 3.63) is 27.7 Å². The number of allylic oxidation sites excluding steroid dienone is 1. The van der Waals surface area contributed by atoms with Crippen LogP contribution in [0.2, 0.25) is 0 Å². The number of aromatic nitrogens is 1. The van der Waals surface area contributed by atoms with Crippen molar-refractivity contribution in [3.8, 4) is 0 Å². The molecule has 0 aliphatic carbocycles. The molecule has 76 valence electrons. The molecule has 0 fully saturated rings. The summed E-state index contributed by atoms with van der Waals surface area (Å²) < 4.78 is 1.97. The largest absolute Gasteiger partial charge is 0.383 e. The van der Waals surface area contributed by atoms with Crippen molar-refractivity contribution in [3.63, 3.8) is 0 Å². The van der Waals surface area contributed by atoms with E-state index in [1.165, 1.54) is 6.08 Å². The number of halogens is 1. The Bertz CT molecular complexity index is 548. The van der Waals surface area contributed by atoms with E-state index in [-0.39, 0.29) is 0 Å². The van der Waals surface area contributed by atoms with Crippen molar-refractivity contribution in [1.82, 2.24) is 4.98 Å². The highest BCUT2D eigenvalue weighted by Crippen LogP contribution is 2.35. The van der Waals surface area contributed by atoms with Gasteiger partial charge < -0.3 is 5.73 Å². The van der Waals surface area contributed by atoms with E-state index in [4.69, 9.17) is 5.73 Å². The zero-order valence-electron chi connectivity index (χ0n) is 7.61. The molecule has 3 nitrogen and oxygen atoms in total. The topological polar surface area (TPSA) is 56.0 Å². The molecule has 15 heavy (non-hydrogen) atoms. The van der Waals surface area contributed by atoms with E-state index in [0.29, 0.717) is 5.82 Å². The number of thiophene rings is 1. The molecule has 0 bridgehead atoms. The molecule has 2 aromatic rings. The molecule has 5 heteroatoms. The van der Waals surface area contributed by atoms with E-state index in [0.717, 1.165) is 26.4 Å². The van der Waals surface area contributed by atoms with Crippen molar-refractivity contribution in [2.75, 3.05) is 5.73 Å². The number of hydrogen-bond acceptors (Lipinski definition) is 4. The zero-order valence-corrected chi connectivity index (χ0v) is 10.0. The number of nitrogens with zero attached hydrogens (tertiary/aromatic N) is 1.